The fourth-order valence-electron chi connectivity index (χ4n) is 1.82. The van der Waals surface area contributed by atoms with Crippen LogP contribution in [0, 0.1) is 10.1 Å². The lowest BCUT2D eigenvalue weighted by Gasteiger charge is -2.16. The third-order valence-corrected chi connectivity index (χ3v) is 2.79. The summed E-state index contributed by atoms with van der Waals surface area (Å²) >= 11 is 0. The Kier molecular flexibility index (Phi) is 3.15. The fourth-order valence-corrected chi connectivity index (χ4v) is 1.82. The van der Waals surface area contributed by atoms with Gasteiger partial charge in [0.05, 0.1) is 10.3 Å². The van der Waals surface area contributed by atoms with E-state index in [4.69, 9.17) is 5.73 Å². The first-order valence-corrected chi connectivity index (χ1v) is 5.30. The summed E-state index contributed by atoms with van der Waals surface area (Å²) in [6.45, 7) is 0. The lowest BCUT2D eigenvalue weighted by atomic mass is 10.0. The highest BCUT2D eigenvalue weighted by atomic mass is 19.4. The van der Waals surface area contributed by atoms with Gasteiger partial charge in [-0.1, -0.05) is 24.3 Å². The molecule has 0 saturated heterocycles. The summed E-state index contributed by atoms with van der Waals surface area (Å²) in [6.07, 6.45) is -4.59. The maximum Gasteiger partial charge on any atom is 0.407 e. The van der Waals surface area contributed by atoms with Crippen LogP contribution in [0.3, 0.4) is 0 Å². The molecule has 0 heterocycles. The van der Waals surface area contributed by atoms with Crippen molar-refractivity contribution in [2.45, 2.75) is 12.2 Å². The molecule has 1 atom stereocenters. The van der Waals surface area contributed by atoms with Crippen LogP contribution in [0.1, 0.15) is 11.6 Å². The Morgan fingerprint density at radius 2 is 1.89 bits per heavy atom. The molecule has 19 heavy (non-hydrogen) atoms. The van der Waals surface area contributed by atoms with E-state index in [-0.39, 0.29) is 16.6 Å². The zero-order chi connectivity index (χ0) is 14.2. The molecule has 2 aromatic rings. The molecule has 0 aliphatic heterocycles. The van der Waals surface area contributed by atoms with Gasteiger partial charge >= 0.3 is 6.18 Å². The number of hydrogen-bond acceptors (Lipinski definition) is 3. The molecule has 2 N–H and O–H groups in total. The average molecular weight is 270 g/mol. The van der Waals surface area contributed by atoms with Crippen molar-refractivity contribution in [1.82, 2.24) is 0 Å². The molecule has 0 saturated carbocycles. The number of nitro benzene ring substituents is 1. The van der Waals surface area contributed by atoms with Gasteiger partial charge in [-0.2, -0.15) is 13.2 Å². The summed E-state index contributed by atoms with van der Waals surface area (Å²) in [5.41, 5.74) is 4.65. The van der Waals surface area contributed by atoms with E-state index in [2.05, 4.69) is 0 Å². The molecule has 2 rings (SSSR count). The first-order valence-electron chi connectivity index (χ1n) is 5.30. The van der Waals surface area contributed by atoms with E-state index in [1.807, 2.05) is 0 Å². The molecule has 0 fully saturated rings. The summed E-state index contributed by atoms with van der Waals surface area (Å²) in [5.74, 6) is 0. The summed E-state index contributed by atoms with van der Waals surface area (Å²) in [4.78, 5) is 10.2. The van der Waals surface area contributed by atoms with E-state index in [1.165, 1.54) is 24.3 Å². The largest absolute Gasteiger partial charge is 0.407 e. The van der Waals surface area contributed by atoms with Crippen molar-refractivity contribution in [1.29, 1.82) is 0 Å². The minimum atomic E-state index is -4.59. The van der Waals surface area contributed by atoms with Crippen molar-refractivity contribution < 1.29 is 18.1 Å². The van der Waals surface area contributed by atoms with Gasteiger partial charge in [0, 0.05) is 6.07 Å². The minimum absolute atomic E-state index is 0.143. The van der Waals surface area contributed by atoms with Crippen LogP contribution in [0.4, 0.5) is 18.9 Å². The Balaban J connectivity index is 2.62. The zero-order valence-electron chi connectivity index (χ0n) is 9.52. The number of rotatable bonds is 2. The van der Waals surface area contributed by atoms with Gasteiger partial charge in [0.2, 0.25) is 0 Å². The van der Waals surface area contributed by atoms with Gasteiger partial charge < -0.3 is 5.73 Å². The maximum atomic E-state index is 12.5. The second kappa shape index (κ2) is 4.51. The number of hydrogen-bond donors (Lipinski definition) is 1. The molecule has 0 unspecified atom stereocenters. The zero-order valence-corrected chi connectivity index (χ0v) is 9.52. The molecule has 0 amide bonds. The van der Waals surface area contributed by atoms with Crippen LogP contribution < -0.4 is 5.73 Å². The average Bonchev–Trinajstić information content (AvgIpc) is 2.35. The summed E-state index contributed by atoms with van der Waals surface area (Å²) < 4.78 is 37.6. The minimum Gasteiger partial charge on any atom is -0.316 e. The number of non-ortho nitro benzene ring substituents is 1. The summed E-state index contributed by atoms with van der Waals surface area (Å²) in [5, 5.41) is 11.5. The molecule has 2 aromatic carbocycles. The van der Waals surface area contributed by atoms with E-state index < -0.39 is 17.1 Å². The van der Waals surface area contributed by atoms with Crippen molar-refractivity contribution in [3.8, 4) is 0 Å². The van der Waals surface area contributed by atoms with Gasteiger partial charge in [-0.3, -0.25) is 10.1 Å². The third kappa shape index (κ3) is 2.50. The van der Waals surface area contributed by atoms with Gasteiger partial charge in [-0.25, -0.2) is 0 Å². The number of nitrogens with two attached hydrogens (primary N) is 1. The van der Waals surface area contributed by atoms with E-state index in [1.54, 1.807) is 6.07 Å². The van der Waals surface area contributed by atoms with Crippen molar-refractivity contribution in [2.75, 3.05) is 0 Å². The van der Waals surface area contributed by atoms with Crippen LogP contribution in [-0.4, -0.2) is 11.1 Å². The Hall–Kier alpha value is -2.15. The highest BCUT2D eigenvalue weighted by molar-refractivity contribution is 5.91. The standard InChI is InChI=1S/C12H9F3N2O2/c13-12(14,15)11(16)8-5-4-7-2-1-3-10(17(18)19)9(7)6-8/h1-6,11H,16H2/t11-/m0/s1. The molecule has 7 heteroatoms. The molecule has 0 aliphatic carbocycles. The summed E-state index contributed by atoms with van der Waals surface area (Å²) in [7, 11) is 0. The molecule has 0 bridgehead atoms. The molecule has 0 aliphatic rings. The first-order chi connectivity index (χ1) is 8.80. The number of fused-ring (bicyclic) bond motifs is 1. The topological polar surface area (TPSA) is 69.2 Å². The predicted molar refractivity (Wildman–Crippen MR) is 63.6 cm³/mol. The second-order valence-electron chi connectivity index (χ2n) is 4.03. The normalized spacial score (nSPS) is 13.5. The number of nitro groups is 1. The van der Waals surface area contributed by atoms with Gasteiger partial charge in [-0.05, 0) is 17.0 Å². The number of benzene rings is 2. The van der Waals surface area contributed by atoms with Crippen molar-refractivity contribution in [3.63, 3.8) is 0 Å². The van der Waals surface area contributed by atoms with E-state index in [0.29, 0.717) is 5.39 Å². The Morgan fingerprint density at radius 3 is 2.47 bits per heavy atom. The highest BCUT2D eigenvalue weighted by Crippen LogP contribution is 2.34. The van der Waals surface area contributed by atoms with Crippen molar-refractivity contribution in [3.05, 3.63) is 52.1 Å². The summed E-state index contributed by atoms with van der Waals surface area (Å²) in [6, 6.07) is 5.89. The quantitative estimate of drug-likeness (QED) is 0.672. The lowest BCUT2D eigenvalue weighted by molar-refractivity contribution is -0.383. The molecular formula is C12H9F3N2O2. The van der Waals surface area contributed by atoms with Crippen LogP contribution in [0.2, 0.25) is 0 Å². The van der Waals surface area contributed by atoms with Gasteiger partial charge in [0.25, 0.3) is 5.69 Å². The Labute approximate surface area is 105 Å². The van der Waals surface area contributed by atoms with Gasteiger partial charge in [-0.15, -0.1) is 0 Å². The van der Waals surface area contributed by atoms with Crippen LogP contribution in [0.15, 0.2) is 36.4 Å². The molecule has 4 nitrogen and oxygen atoms in total. The second-order valence-corrected chi connectivity index (χ2v) is 4.03. The molecule has 0 spiro atoms. The smallest absolute Gasteiger partial charge is 0.316 e. The van der Waals surface area contributed by atoms with E-state index in [0.717, 1.165) is 6.07 Å². The molecular weight excluding hydrogens is 261 g/mol. The van der Waals surface area contributed by atoms with E-state index in [9.17, 15) is 23.3 Å². The van der Waals surface area contributed by atoms with E-state index >= 15 is 0 Å². The number of nitrogens with zero attached hydrogens (tertiary/aromatic N) is 1. The van der Waals surface area contributed by atoms with Gasteiger partial charge in [0.1, 0.15) is 6.04 Å². The van der Waals surface area contributed by atoms with Crippen LogP contribution in [-0.2, 0) is 0 Å². The molecule has 0 aromatic heterocycles. The Bertz CT molecular complexity index is 640. The molecule has 100 valence electrons. The van der Waals surface area contributed by atoms with Crippen LogP contribution >= 0.6 is 0 Å². The molecule has 0 radical (unpaired) electrons. The van der Waals surface area contributed by atoms with Crippen LogP contribution in [0.5, 0.6) is 0 Å². The lowest BCUT2D eigenvalue weighted by Crippen LogP contribution is -2.28. The number of alkyl halides is 3. The van der Waals surface area contributed by atoms with Crippen molar-refractivity contribution >= 4 is 16.5 Å². The first kappa shape index (κ1) is 13.3. The van der Waals surface area contributed by atoms with Crippen molar-refractivity contribution in [2.24, 2.45) is 5.73 Å². The monoisotopic (exact) mass is 270 g/mol. The highest BCUT2D eigenvalue weighted by Gasteiger charge is 2.38. The van der Waals surface area contributed by atoms with Crippen LogP contribution in [0.25, 0.3) is 10.8 Å². The van der Waals surface area contributed by atoms with Gasteiger partial charge in [0.15, 0.2) is 0 Å². The fraction of sp³-hybridized carbons (Fsp3) is 0.167. The number of halogens is 3. The SMILES string of the molecule is N[C@@H](c1ccc2cccc([N+](=O)[O-])c2c1)C(F)(F)F. The Morgan fingerprint density at radius 1 is 1.21 bits per heavy atom. The third-order valence-electron chi connectivity index (χ3n) is 2.79. The maximum absolute atomic E-state index is 12.5. The predicted octanol–water partition coefficient (Wildman–Crippen LogP) is 3.31.